The van der Waals surface area contributed by atoms with Crippen molar-refractivity contribution in [3.8, 4) is 11.1 Å². The van der Waals surface area contributed by atoms with E-state index in [9.17, 15) is 9.59 Å². The van der Waals surface area contributed by atoms with Crippen LogP contribution in [0.5, 0.6) is 0 Å². The Morgan fingerprint density at radius 2 is 1.87 bits per heavy atom. The van der Waals surface area contributed by atoms with Gasteiger partial charge < -0.3 is 10.3 Å². The van der Waals surface area contributed by atoms with Crippen LogP contribution in [0, 0.1) is 13.8 Å². The molecule has 2 aromatic heterocycles. The predicted molar refractivity (Wildman–Crippen MR) is 90.4 cm³/mol. The van der Waals surface area contributed by atoms with E-state index in [1.807, 2.05) is 26.0 Å². The highest BCUT2D eigenvalue weighted by atomic mass is 16.1. The first kappa shape index (κ1) is 15.0. The second-order valence-electron chi connectivity index (χ2n) is 5.70. The van der Waals surface area contributed by atoms with Crippen LogP contribution in [0.4, 0.5) is 0 Å². The zero-order chi connectivity index (χ0) is 16.7. The van der Waals surface area contributed by atoms with Crippen molar-refractivity contribution in [2.24, 2.45) is 12.8 Å². The highest BCUT2D eigenvalue weighted by Crippen LogP contribution is 2.25. The number of rotatable bonds is 2. The fourth-order valence-corrected chi connectivity index (χ4v) is 2.72. The Balaban J connectivity index is 2.35. The average Bonchev–Trinajstić information content (AvgIpc) is 2.52. The summed E-state index contributed by atoms with van der Waals surface area (Å²) in [5.74, 6) is -0.513. The van der Waals surface area contributed by atoms with Crippen LogP contribution in [0.15, 0.2) is 41.3 Å². The van der Waals surface area contributed by atoms with Gasteiger partial charge in [-0.2, -0.15) is 0 Å². The summed E-state index contributed by atoms with van der Waals surface area (Å²) in [6, 6.07) is 8.83. The molecule has 0 saturated heterocycles. The summed E-state index contributed by atoms with van der Waals surface area (Å²) in [7, 11) is 1.74. The highest BCUT2D eigenvalue weighted by Gasteiger charge is 2.13. The molecule has 1 aromatic carbocycles. The summed E-state index contributed by atoms with van der Waals surface area (Å²) in [5, 5.41) is 0.872. The van der Waals surface area contributed by atoms with E-state index in [1.54, 1.807) is 36.0 Å². The lowest BCUT2D eigenvalue weighted by atomic mass is 9.98. The molecule has 23 heavy (non-hydrogen) atoms. The molecule has 0 atom stereocenters. The van der Waals surface area contributed by atoms with Gasteiger partial charge >= 0.3 is 0 Å². The van der Waals surface area contributed by atoms with Crippen molar-refractivity contribution < 1.29 is 4.79 Å². The standard InChI is InChI=1S/C18H17N3O2/c1-10-4-5-12(17(19)22)7-14(10)15-8-13-9-20-11(2)6-16(13)21(3)18(15)23/h4-9H,1-3H3,(H2,19,22). The van der Waals surface area contributed by atoms with E-state index < -0.39 is 5.91 Å². The molecule has 5 heteroatoms. The quantitative estimate of drug-likeness (QED) is 0.789. The van der Waals surface area contributed by atoms with Gasteiger partial charge in [0.15, 0.2) is 0 Å². The molecule has 0 bridgehead atoms. The van der Waals surface area contributed by atoms with Gasteiger partial charge in [0.1, 0.15) is 0 Å². The van der Waals surface area contributed by atoms with Crippen LogP contribution in [-0.2, 0) is 7.05 Å². The second-order valence-corrected chi connectivity index (χ2v) is 5.70. The molecule has 0 aliphatic carbocycles. The second kappa shape index (κ2) is 5.35. The van der Waals surface area contributed by atoms with Gasteiger partial charge in [0.05, 0.1) is 5.52 Å². The first-order chi connectivity index (χ1) is 10.9. The van der Waals surface area contributed by atoms with Crippen molar-refractivity contribution in [2.45, 2.75) is 13.8 Å². The summed E-state index contributed by atoms with van der Waals surface area (Å²) in [6.45, 7) is 3.79. The molecule has 0 fully saturated rings. The van der Waals surface area contributed by atoms with Crippen LogP contribution >= 0.6 is 0 Å². The van der Waals surface area contributed by atoms with Gasteiger partial charge in [-0.15, -0.1) is 0 Å². The smallest absolute Gasteiger partial charge is 0.258 e. The molecule has 116 valence electrons. The number of carbonyl (C=O) groups is 1. The maximum atomic E-state index is 12.8. The molecule has 0 aliphatic heterocycles. The van der Waals surface area contributed by atoms with Gasteiger partial charge in [0, 0.05) is 35.5 Å². The molecule has 2 heterocycles. The van der Waals surface area contributed by atoms with Crippen LogP contribution in [0.3, 0.4) is 0 Å². The lowest BCUT2D eigenvalue weighted by molar-refractivity contribution is 0.100. The number of carbonyl (C=O) groups excluding carboxylic acids is 1. The Labute approximate surface area is 133 Å². The van der Waals surface area contributed by atoms with E-state index in [0.717, 1.165) is 22.2 Å². The van der Waals surface area contributed by atoms with Crippen LogP contribution in [0.25, 0.3) is 22.0 Å². The molecule has 0 radical (unpaired) electrons. The third kappa shape index (κ3) is 2.50. The molecule has 1 amide bonds. The van der Waals surface area contributed by atoms with Gasteiger partial charge in [-0.25, -0.2) is 0 Å². The lowest BCUT2D eigenvalue weighted by Gasteiger charge is -2.12. The van der Waals surface area contributed by atoms with Gasteiger partial charge in [0.2, 0.25) is 5.91 Å². The number of primary amides is 1. The van der Waals surface area contributed by atoms with E-state index >= 15 is 0 Å². The third-order valence-electron chi connectivity index (χ3n) is 4.06. The van der Waals surface area contributed by atoms with Gasteiger partial charge in [-0.05, 0) is 49.2 Å². The first-order valence-electron chi connectivity index (χ1n) is 7.25. The number of aromatic nitrogens is 2. The maximum absolute atomic E-state index is 12.8. The topological polar surface area (TPSA) is 78.0 Å². The fraction of sp³-hybridized carbons (Fsp3) is 0.167. The Morgan fingerprint density at radius 1 is 1.13 bits per heavy atom. The molecule has 3 rings (SSSR count). The normalized spacial score (nSPS) is 10.9. The number of nitrogens with zero attached hydrogens (tertiary/aromatic N) is 2. The largest absolute Gasteiger partial charge is 0.366 e. The van der Waals surface area contributed by atoms with Gasteiger partial charge in [-0.3, -0.25) is 14.6 Å². The Bertz CT molecular complexity index is 1000. The van der Waals surface area contributed by atoms with Crippen LogP contribution in [-0.4, -0.2) is 15.5 Å². The molecule has 0 spiro atoms. The zero-order valence-electron chi connectivity index (χ0n) is 13.3. The molecule has 2 N–H and O–H groups in total. The number of hydrogen-bond donors (Lipinski definition) is 1. The van der Waals surface area contributed by atoms with E-state index in [1.165, 1.54) is 0 Å². The first-order valence-corrected chi connectivity index (χ1v) is 7.25. The van der Waals surface area contributed by atoms with Gasteiger partial charge in [-0.1, -0.05) is 6.07 Å². The minimum absolute atomic E-state index is 0.118. The number of amides is 1. The number of fused-ring (bicyclic) bond motifs is 1. The van der Waals surface area contributed by atoms with Crippen molar-refractivity contribution in [3.05, 3.63) is 63.7 Å². The molecule has 5 nitrogen and oxygen atoms in total. The highest BCUT2D eigenvalue weighted by molar-refractivity contribution is 5.95. The van der Waals surface area contributed by atoms with E-state index in [0.29, 0.717) is 16.7 Å². The molecule has 0 aliphatic rings. The van der Waals surface area contributed by atoms with Crippen LogP contribution in [0.2, 0.25) is 0 Å². The van der Waals surface area contributed by atoms with Crippen molar-refractivity contribution in [1.29, 1.82) is 0 Å². The summed E-state index contributed by atoms with van der Waals surface area (Å²) in [4.78, 5) is 28.5. The Kier molecular flexibility index (Phi) is 3.48. The number of nitrogens with two attached hydrogens (primary N) is 1. The molecule has 0 saturated carbocycles. The number of aryl methyl sites for hydroxylation is 3. The number of pyridine rings is 2. The lowest BCUT2D eigenvalue weighted by Crippen LogP contribution is -2.20. The SMILES string of the molecule is Cc1cc2c(cn1)cc(-c1cc(C(N)=O)ccc1C)c(=O)n2C. The predicted octanol–water partition coefficient (Wildman–Crippen LogP) is 2.32. The van der Waals surface area contributed by atoms with Crippen molar-refractivity contribution in [2.75, 3.05) is 0 Å². The monoisotopic (exact) mass is 307 g/mol. The summed E-state index contributed by atoms with van der Waals surface area (Å²) >= 11 is 0. The van der Waals surface area contributed by atoms with Crippen LogP contribution in [0.1, 0.15) is 21.6 Å². The molecular formula is C18H17N3O2. The van der Waals surface area contributed by atoms with E-state index in [2.05, 4.69) is 4.98 Å². The van der Waals surface area contributed by atoms with Crippen LogP contribution < -0.4 is 11.3 Å². The van der Waals surface area contributed by atoms with Crippen molar-refractivity contribution >= 4 is 16.8 Å². The minimum Gasteiger partial charge on any atom is -0.366 e. The zero-order valence-corrected chi connectivity index (χ0v) is 13.3. The fourth-order valence-electron chi connectivity index (χ4n) is 2.72. The molecule has 3 aromatic rings. The molecular weight excluding hydrogens is 290 g/mol. The van der Waals surface area contributed by atoms with E-state index in [4.69, 9.17) is 5.73 Å². The summed E-state index contributed by atoms with van der Waals surface area (Å²) in [6.07, 6.45) is 1.75. The van der Waals surface area contributed by atoms with E-state index in [-0.39, 0.29) is 5.56 Å². The number of hydrogen-bond acceptors (Lipinski definition) is 3. The summed E-state index contributed by atoms with van der Waals surface area (Å²) < 4.78 is 1.61. The number of benzene rings is 1. The average molecular weight is 307 g/mol. The summed E-state index contributed by atoms with van der Waals surface area (Å²) in [5.41, 5.74) is 9.46. The van der Waals surface area contributed by atoms with Gasteiger partial charge in [0.25, 0.3) is 5.56 Å². The Hall–Kier alpha value is -2.95. The third-order valence-corrected chi connectivity index (χ3v) is 4.06. The molecule has 0 unspecified atom stereocenters. The van der Waals surface area contributed by atoms with Crippen molar-refractivity contribution in [3.63, 3.8) is 0 Å². The maximum Gasteiger partial charge on any atom is 0.258 e. The minimum atomic E-state index is -0.513. The van der Waals surface area contributed by atoms with Crippen molar-refractivity contribution in [1.82, 2.24) is 9.55 Å². The Morgan fingerprint density at radius 3 is 2.57 bits per heavy atom.